The van der Waals surface area contributed by atoms with E-state index in [1.165, 1.54) is 4.52 Å². The fraction of sp³-hybridized carbons (Fsp3) is 0.300. The van der Waals surface area contributed by atoms with E-state index in [1.807, 2.05) is 6.20 Å². The van der Waals surface area contributed by atoms with Crippen molar-refractivity contribution in [2.24, 2.45) is 0 Å². The molecule has 0 radical (unpaired) electrons. The van der Waals surface area contributed by atoms with Crippen molar-refractivity contribution in [2.45, 2.75) is 13.0 Å². The number of hydrogen-bond donors (Lipinski definition) is 2. The molecule has 3 rings (SSSR count). The van der Waals surface area contributed by atoms with E-state index < -0.39 is 5.97 Å². The Balaban J connectivity index is 2.24. The van der Waals surface area contributed by atoms with Gasteiger partial charge in [0.2, 0.25) is 0 Å². The zero-order chi connectivity index (χ0) is 12.9. The summed E-state index contributed by atoms with van der Waals surface area (Å²) in [4.78, 5) is 15.5. The molecule has 0 aromatic carbocycles. The number of nitrogen functional groups attached to an aromatic ring is 1. The van der Waals surface area contributed by atoms with Gasteiger partial charge in [-0.25, -0.2) is 17.4 Å². The number of aromatic carboxylic acids is 1. The number of carboxylic acid groups (broad SMARTS) is 1. The van der Waals surface area contributed by atoms with E-state index in [4.69, 9.17) is 10.8 Å². The Hall–Kier alpha value is -1.42. The van der Waals surface area contributed by atoms with Crippen LogP contribution in [0.4, 0.5) is 5.82 Å². The largest absolute Gasteiger partial charge is 0.477 e. The molecule has 1 aliphatic rings. The maximum absolute atomic E-state index is 11.1. The molecule has 0 amide bonds. The van der Waals surface area contributed by atoms with Crippen molar-refractivity contribution >= 4 is 40.3 Å². The van der Waals surface area contributed by atoms with Gasteiger partial charge in [0.15, 0.2) is 11.5 Å². The van der Waals surface area contributed by atoms with Crippen molar-refractivity contribution in [3.05, 3.63) is 23.0 Å². The second-order valence-electron chi connectivity index (χ2n) is 4.14. The minimum absolute atomic E-state index is 0.00340. The minimum Gasteiger partial charge on any atom is -0.477 e. The number of fused-ring (bicyclic) bond motifs is 2. The molecule has 0 spiro atoms. The number of carboxylic acids is 1. The van der Waals surface area contributed by atoms with Crippen LogP contribution in [-0.4, -0.2) is 35.3 Å². The Bertz CT molecular complexity index is 653. The van der Waals surface area contributed by atoms with Crippen LogP contribution in [0.5, 0.6) is 0 Å². The van der Waals surface area contributed by atoms with E-state index in [9.17, 15) is 4.79 Å². The summed E-state index contributed by atoms with van der Waals surface area (Å²) in [6, 6.07) is 0. The van der Waals surface area contributed by atoms with Gasteiger partial charge in [-0.3, -0.25) is 0 Å². The van der Waals surface area contributed by atoms with Gasteiger partial charge >= 0.3 is 5.97 Å². The Morgan fingerprint density at radius 3 is 3.06 bits per heavy atom. The number of halogens is 1. The third-order valence-electron chi connectivity index (χ3n) is 2.95. The van der Waals surface area contributed by atoms with Gasteiger partial charge in [0.25, 0.3) is 0 Å². The van der Waals surface area contributed by atoms with Crippen molar-refractivity contribution in [1.82, 2.24) is 17.7 Å². The van der Waals surface area contributed by atoms with Gasteiger partial charge in [0.05, 0.1) is 5.69 Å². The molecule has 18 heavy (non-hydrogen) atoms. The predicted octanol–water partition coefficient (Wildman–Crippen LogP) is 0.718. The van der Waals surface area contributed by atoms with E-state index in [0.717, 1.165) is 30.8 Å². The molecular weight excluding hydrogens is 349 g/mol. The van der Waals surface area contributed by atoms with E-state index in [2.05, 4.69) is 36.1 Å². The van der Waals surface area contributed by atoms with Crippen LogP contribution in [0.3, 0.4) is 0 Å². The van der Waals surface area contributed by atoms with Crippen LogP contribution in [0.25, 0.3) is 5.65 Å². The van der Waals surface area contributed by atoms with E-state index in [1.54, 1.807) is 0 Å². The zero-order valence-electron chi connectivity index (χ0n) is 9.30. The second kappa shape index (κ2) is 4.05. The summed E-state index contributed by atoms with van der Waals surface area (Å²) >= 11 is 2.26. The second-order valence-corrected chi connectivity index (χ2v) is 5.51. The van der Waals surface area contributed by atoms with E-state index in [-0.39, 0.29) is 11.4 Å². The molecule has 2 aromatic rings. The lowest BCUT2D eigenvalue weighted by Crippen LogP contribution is -2.23. The summed E-state index contributed by atoms with van der Waals surface area (Å²) in [7, 11) is 0. The zero-order valence-corrected chi connectivity index (χ0v) is 11.5. The first-order valence-corrected chi connectivity index (χ1v) is 6.33. The van der Waals surface area contributed by atoms with Crippen LogP contribution < -0.4 is 5.73 Å². The summed E-state index contributed by atoms with van der Waals surface area (Å²) in [5.41, 5.74) is 7.90. The number of hydrogen-bond acceptors (Lipinski definition) is 5. The third-order valence-corrected chi connectivity index (χ3v) is 3.77. The molecule has 0 unspecified atom stereocenters. The van der Waals surface area contributed by atoms with Gasteiger partial charge in [-0.05, 0) is 0 Å². The average Bonchev–Trinajstić information content (AvgIpc) is 2.60. The Morgan fingerprint density at radius 1 is 1.56 bits per heavy atom. The summed E-state index contributed by atoms with van der Waals surface area (Å²) in [5.74, 6) is -1.09. The molecule has 0 fully saturated rings. The van der Waals surface area contributed by atoms with Gasteiger partial charge in [-0.15, -0.1) is 5.10 Å². The van der Waals surface area contributed by atoms with E-state index in [0.29, 0.717) is 5.65 Å². The van der Waals surface area contributed by atoms with Crippen LogP contribution in [0, 0.1) is 0 Å². The maximum Gasteiger partial charge on any atom is 0.343 e. The molecule has 8 heteroatoms. The smallest absolute Gasteiger partial charge is 0.343 e. The third kappa shape index (κ3) is 1.72. The number of rotatable bonds is 1. The van der Waals surface area contributed by atoms with Crippen LogP contribution >= 0.6 is 22.9 Å². The first kappa shape index (κ1) is 11.7. The van der Waals surface area contributed by atoms with Crippen molar-refractivity contribution in [2.75, 3.05) is 12.3 Å². The standard InChI is InChI=1S/C10H10IN5O2/c11-15-2-1-6-5(3-15)4-16-9(13-6)7(10(17)18)8(12)14-16/h4H,1-3H2,(H2,12,14)(H,17,18). The SMILES string of the molecule is Nc1nn2cc3c(nc2c1C(=O)O)CCN(I)C3. The molecule has 94 valence electrons. The van der Waals surface area contributed by atoms with Crippen molar-refractivity contribution in [1.29, 1.82) is 0 Å². The fourth-order valence-electron chi connectivity index (χ4n) is 2.11. The van der Waals surface area contributed by atoms with Crippen molar-refractivity contribution in [3.8, 4) is 0 Å². The van der Waals surface area contributed by atoms with Crippen LogP contribution in [0.1, 0.15) is 21.6 Å². The molecule has 0 saturated carbocycles. The van der Waals surface area contributed by atoms with Gasteiger partial charge in [-0.1, -0.05) is 0 Å². The number of aromatic nitrogens is 3. The first-order valence-electron chi connectivity index (χ1n) is 5.37. The normalized spacial score (nSPS) is 15.8. The lowest BCUT2D eigenvalue weighted by Gasteiger charge is -2.22. The summed E-state index contributed by atoms with van der Waals surface area (Å²) in [6.45, 7) is 1.68. The molecule has 0 bridgehead atoms. The van der Waals surface area contributed by atoms with Crippen LogP contribution in [-0.2, 0) is 13.0 Å². The maximum atomic E-state index is 11.1. The molecule has 3 N–H and O–H groups in total. The molecule has 3 heterocycles. The van der Waals surface area contributed by atoms with Crippen LogP contribution in [0.15, 0.2) is 6.20 Å². The van der Waals surface area contributed by atoms with Crippen molar-refractivity contribution in [3.63, 3.8) is 0 Å². The quantitative estimate of drug-likeness (QED) is 0.575. The summed E-state index contributed by atoms with van der Waals surface area (Å²) in [6.07, 6.45) is 2.62. The van der Waals surface area contributed by atoms with Gasteiger partial charge in [-0.2, -0.15) is 0 Å². The molecule has 0 aliphatic carbocycles. The molecule has 2 aromatic heterocycles. The summed E-state index contributed by atoms with van der Waals surface area (Å²) < 4.78 is 3.60. The minimum atomic E-state index is -1.10. The number of carbonyl (C=O) groups is 1. The molecule has 0 saturated heterocycles. The molecule has 0 atom stereocenters. The number of nitrogens with zero attached hydrogens (tertiary/aromatic N) is 4. The highest BCUT2D eigenvalue weighted by molar-refractivity contribution is 14.1. The fourth-order valence-corrected chi connectivity index (χ4v) is 2.72. The Labute approximate surface area is 116 Å². The molecule has 1 aliphatic heterocycles. The highest BCUT2D eigenvalue weighted by Gasteiger charge is 2.22. The highest BCUT2D eigenvalue weighted by Crippen LogP contribution is 2.23. The monoisotopic (exact) mass is 359 g/mol. The molecular formula is C10H10IN5O2. The number of nitrogens with two attached hydrogens (primary N) is 1. The first-order chi connectivity index (χ1) is 8.56. The predicted molar refractivity (Wildman–Crippen MR) is 72.5 cm³/mol. The average molecular weight is 359 g/mol. The topological polar surface area (TPSA) is 96.8 Å². The van der Waals surface area contributed by atoms with E-state index >= 15 is 0 Å². The van der Waals surface area contributed by atoms with Crippen LogP contribution in [0.2, 0.25) is 0 Å². The van der Waals surface area contributed by atoms with Crippen molar-refractivity contribution < 1.29 is 9.90 Å². The summed E-state index contributed by atoms with van der Waals surface area (Å²) in [5, 5.41) is 13.1. The lowest BCUT2D eigenvalue weighted by molar-refractivity contribution is 0.0700. The highest BCUT2D eigenvalue weighted by atomic mass is 127. The Morgan fingerprint density at radius 2 is 2.33 bits per heavy atom. The van der Waals surface area contributed by atoms with Gasteiger partial charge in [0, 0.05) is 54.1 Å². The number of anilines is 1. The van der Waals surface area contributed by atoms with Gasteiger partial charge < -0.3 is 10.8 Å². The Kier molecular flexibility index (Phi) is 2.63. The lowest BCUT2D eigenvalue weighted by atomic mass is 10.1. The van der Waals surface area contributed by atoms with Gasteiger partial charge in [0.1, 0.15) is 5.56 Å². The molecule has 7 nitrogen and oxygen atoms in total.